The highest BCUT2D eigenvalue weighted by Crippen LogP contribution is 2.27. The first kappa shape index (κ1) is 16.1. The number of halogens is 1. The number of carbonyl (C=O) groups excluding carboxylic acids is 1. The van der Waals surface area contributed by atoms with Crippen molar-refractivity contribution in [2.75, 3.05) is 4.90 Å². The molecule has 0 radical (unpaired) electrons. The largest absolute Gasteiger partial charge is 0.361 e. The Labute approximate surface area is 155 Å². The molecule has 1 aromatic heterocycles. The standard InChI is InChI=1S/C19H16ClN3OS/c1-11-8-13(6-7-15(11)20)23-18(24)17(22-19(23)25)9-12-10-21-16-5-3-2-4-14(12)16/h2-8,10,17,21H,9H2,1H3,(H,22,25)/t17-/m0/s1. The van der Waals surface area contributed by atoms with Gasteiger partial charge in [0.15, 0.2) is 5.11 Å². The second-order valence-electron chi connectivity index (χ2n) is 6.17. The normalized spacial score (nSPS) is 17.4. The van der Waals surface area contributed by atoms with Gasteiger partial charge in [0.25, 0.3) is 5.91 Å². The SMILES string of the molecule is Cc1cc(N2C(=O)[C@H](Cc3c[nH]c4ccccc34)NC2=S)ccc1Cl. The molecule has 1 saturated heterocycles. The fourth-order valence-corrected chi connectivity index (χ4v) is 3.66. The van der Waals surface area contributed by atoms with Crippen LogP contribution < -0.4 is 10.2 Å². The van der Waals surface area contributed by atoms with Crippen LogP contribution in [0.15, 0.2) is 48.7 Å². The van der Waals surface area contributed by atoms with E-state index in [0.29, 0.717) is 16.6 Å². The molecule has 4 rings (SSSR count). The Morgan fingerprint density at radius 3 is 2.84 bits per heavy atom. The van der Waals surface area contributed by atoms with E-state index in [1.807, 2.05) is 43.5 Å². The molecule has 6 heteroatoms. The van der Waals surface area contributed by atoms with Crippen molar-refractivity contribution >= 4 is 51.4 Å². The molecule has 0 bridgehead atoms. The fraction of sp³-hybridized carbons (Fsp3) is 0.158. The lowest BCUT2D eigenvalue weighted by Gasteiger charge is -2.16. The number of hydrogen-bond donors (Lipinski definition) is 2. The number of nitrogens with zero attached hydrogens (tertiary/aromatic N) is 1. The number of fused-ring (bicyclic) bond motifs is 1. The summed E-state index contributed by atoms with van der Waals surface area (Å²) in [6.45, 7) is 1.91. The van der Waals surface area contributed by atoms with Crippen molar-refractivity contribution in [1.82, 2.24) is 10.3 Å². The molecule has 0 unspecified atom stereocenters. The van der Waals surface area contributed by atoms with E-state index in [-0.39, 0.29) is 11.9 Å². The lowest BCUT2D eigenvalue weighted by molar-refractivity contribution is -0.118. The van der Waals surface area contributed by atoms with E-state index < -0.39 is 0 Å². The van der Waals surface area contributed by atoms with Gasteiger partial charge in [-0.2, -0.15) is 0 Å². The zero-order chi connectivity index (χ0) is 17.6. The summed E-state index contributed by atoms with van der Waals surface area (Å²) >= 11 is 11.5. The summed E-state index contributed by atoms with van der Waals surface area (Å²) in [5.41, 5.74) is 3.81. The van der Waals surface area contributed by atoms with Crippen LogP contribution in [0.2, 0.25) is 5.02 Å². The minimum absolute atomic E-state index is 0.0444. The Morgan fingerprint density at radius 1 is 1.24 bits per heavy atom. The number of aryl methyl sites for hydroxylation is 1. The highest BCUT2D eigenvalue weighted by atomic mass is 35.5. The van der Waals surface area contributed by atoms with Crippen molar-refractivity contribution in [3.05, 3.63) is 64.8 Å². The predicted molar refractivity (Wildman–Crippen MR) is 105 cm³/mol. The van der Waals surface area contributed by atoms with Gasteiger partial charge in [0.1, 0.15) is 6.04 Å². The van der Waals surface area contributed by atoms with Crippen LogP contribution in [0.1, 0.15) is 11.1 Å². The summed E-state index contributed by atoms with van der Waals surface area (Å²) in [5.74, 6) is -0.0444. The van der Waals surface area contributed by atoms with Gasteiger partial charge in [0.05, 0.1) is 5.69 Å². The van der Waals surface area contributed by atoms with Gasteiger partial charge >= 0.3 is 0 Å². The van der Waals surface area contributed by atoms with Crippen molar-refractivity contribution in [3.63, 3.8) is 0 Å². The number of benzene rings is 2. The maximum absolute atomic E-state index is 12.9. The molecule has 1 fully saturated rings. The molecule has 126 valence electrons. The fourth-order valence-electron chi connectivity index (χ4n) is 3.20. The van der Waals surface area contributed by atoms with Crippen LogP contribution in [0, 0.1) is 6.92 Å². The van der Waals surface area contributed by atoms with Crippen LogP contribution in [-0.2, 0) is 11.2 Å². The second-order valence-corrected chi connectivity index (χ2v) is 6.97. The van der Waals surface area contributed by atoms with Crippen molar-refractivity contribution in [2.24, 2.45) is 0 Å². The van der Waals surface area contributed by atoms with Crippen LogP contribution in [0.25, 0.3) is 10.9 Å². The number of para-hydroxylation sites is 1. The molecule has 0 aliphatic carbocycles. The molecule has 25 heavy (non-hydrogen) atoms. The van der Waals surface area contributed by atoms with Gasteiger partial charge in [0.2, 0.25) is 0 Å². The summed E-state index contributed by atoms with van der Waals surface area (Å²) in [7, 11) is 0. The van der Waals surface area contributed by atoms with Gasteiger partial charge < -0.3 is 10.3 Å². The minimum Gasteiger partial charge on any atom is -0.361 e. The van der Waals surface area contributed by atoms with E-state index >= 15 is 0 Å². The third-order valence-electron chi connectivity index (χ3n) is 4.52. The maximum atomic E-state index is 12.9. The molecule has 3 aromatic rings. The number of rotatable bonds is 3. The Hall–Kier alpha value is -2.37. The number of aromatic amines is 1. The minimum atomic E-state index is -0.373. The summed E-state index contributed by atoms with van der Waals surface area (Å²) in [5, 5.41) is 5.38. The molecule has 1 amide bonds. The van der Waals surface area contributed by atoms with Crippen LogP contribution in [-0.4, -0.2) is 22.0 Å². The van der Waals surface area contributed by atoms with E-state index in [1.54, 1.807) is 11.0 Å². The number of anilines is 1. The van der Waals surface area contributed by atoms with Gasteiger partial charge in [-0.15, -0.1) is 0 Å². The predicted octanol–water partition coefficient (Wildman–Crippen LogP) is 3.96. The van der Waals surface area contributed by atoms with Crippen LogP contribution >= 0.6 is 23.8 Å². The first-order valence-corrected chi connectivity index (χ1v) is 8.79. The van der Waals surface area contributed by atoms with Crippen molar-refractivity contribution in [3.8, 4) is 0 Å². The molecule has 1 aliphatic heterocycles. The third kappa shape index (κ3) is 2.79. The molecule has 1 aliphatic rings. The first-order chi connectivity index (χ1) is 12.0. The maximum Gasteiger partial charge on any atom is 0.256 e. The van der Waals surface area contributed by atoms with Crippen molar-refractivity contribution in [1.29, 1.82) is 0 Å². The monoisotopic (exact) mass is 369 g/mol. The van der Waals surface area contributed by atoms with Gasteiger partial charge in [0, 0.05) is 28.5 Å². The van der Waals surface area contributed by atoms with Crippen molar-refractivity contribution < 1.29 is 4.79 Å². The lowest BCUT2D eigenvalue weighted by Crippen LogP contribution is -2.32. The lowest BCUT2D eigenvalue weighted by atomic mass is 10.0. The Bertz CT molecular complexity index is 997. The highest BCUT2D eigenvalue weighted by molar-refractivity contribution is 7.80. The number of aromatic nitrogens is 1. The van der Waals surface area contributed by atoms with E-state index in [2.05, 4.69) is 16.4 Å². The summed E-state index contributed by atoms with van der Waals surface area (Å²) < 4.78 is 0. The van der Waals surface area contributed by atoms with Gasteiger partial charge in [-0.3, -0.25) is 9.69 Å². The van der Waals surface area contributed by atoms with Crippen LogP contribution in [0.5, 0.6) is 0 Å². The van der Waals surface area contributed by atoms with E-state index in [0.717, 1.165) is 27.7 Å². The summed E-state index contributed by atoms with van der Waals surface area (Å²) in [6, 6.07) is 13.2. The molecule has 2 aromatic carbocycles. The highest BCUT2D eigenvalue weighted by Gasteiger charge is 2.36. The molecule has 0 spiro atoms. The average Bonchev–Trinajstić information content (AvgIpc) is 3.12. The van der Waals surface area contributed by atoms with E-state index in [9.17, 15) is 4.79 Å². The zero-order valence-corrected chi connectivity index (χ0v) is 15.1. The average molecular weight is 370 g/mol. The second kappa shape index (κ2) is 6.17. The number of carbonyl (C=O) groups is 1. The summed E-state index contributed by atoms with van der Waals surface area (Å²) in [4.78, 5) is 17.7. The molecule has 1 atom stereocenters. The number of hydrogen-bond acceptors (Lipinski definition) is 2. The van der Waals surface area contributed by atoms with Gasteiger partial charge in [-0.05, 0) is 54.5 Å². The molecule has 0 saturated carbocycles. The van der Waals surface area contributed by atoms with Crippen molar-refractivity contribution in [2.45, 2.75) is 19.4 Å². The van der Waals surface area contributed by atoms with Crippen LogP contribution in [0.4, 0.5) is 5.69 Å². The Balaban J connectivity index is 1.61. The molecule has 2 N–H and O–H groups in total. The number of thiocarbonyl (C=S) groups is 1. The molecular formula is C19H16ClN3OS. The number of H-pyrrole nitrogens is 1. The molecular weight excluding hydrogens is 354 g/mol. The third-order valence-corrected chi connectivity index (χ3v) is 5.24. The van der Waals surface area contributed by atoms with Gasteiger partial charge in [-0.1, -0.05) is 29.8 Å². The quantitative estimate of drug-likeness (QED) is 0.687. The molecule has 2 heterocycles. The number of nitrogens with one attached hydrogen (secondary N) is 2. The van der Waals surface area contributed by atoms with Crippen LogP contribution in [0.3, 0.4) is 0 Å². The van der Waals surface area contributed by atoms with Gasteiger partial charge in [-0.25, -0.2) is 0 Å². The number of amides is 1. The Kier molecular flexibility index (Phi) is 3.98. The van der Waals surface area contributed by atoms with E-state index in [1.165, 1.54) is 0 Å². The van der Waals surface area contributed by atoms with E-state index in [4.69, 9.17) is 23.8 Å². The first-order valence-electron chi connectivity index (χ1n) is 8.00. The smallest absolute Gasteiger partial charge is 0.256 e. The summed E-state index contributed by atoms with van der Waals surface area (Å²) in [6.07, 6.45) is 2.53. The topological polar surface area (TPSA) is 48.1 Å². The zero-order valence-electron chi connectivity index (χ0n) is 13.5. The molecule has 4 nitrogen and oxygen atoms in total. The Morgan fingerprint density at radius 2 is 2.04 bits per heavy atom.